The highest BCUT2D eigenvalue weighted by molar-refractivity contribution is 5.73. The van der Waals surface area contributed by atoms with Gasteiger partial charge in [-0.25, -0.2) is 14.6 Å². The van der Waals surface area contributed by atoms with Gasteiger partial charge in [0, 0.05) is 56.2 Å². The quantitative estimate of drug-likeness (QED) is 0.468. The van der Waals surface area contributed by atoms with E-state index in [0.29, 0.717) is 0 Å². The fraction of sp³-hybridized carbons (Fsp3) is 0.542. The van der Waals surface area contributed by atoms with E-state index < -0.39 is 24.3 Å². The molecule has 4 rings (SSSR count). The third-order valence-corrected chi connectivity index (χ3v) is 6.05. The van der Waals surface area contributed by atoms with Gasteiger partial charge in [-0.2, -0.15) is 26.3 Å². The van der Waals surface area contributed by atoms with Crippen LogP contribution in [0.2, 0.25) is 0 Å². The number of hydrogen-bond donors (Lipinski definition) is 3. The van der Waals surface area contributed by atoms with E-state index in [1.165, 1.54) is 64.0 Å². The number of imidazole rings is 1. The summed E-state index contributed by atoms with van der Waals surface area (Å²) in [6.07, 6.45) is -1.03. The number of aromatic nitrogens is 2. The number of nitrogens with zero attached hydrogens (tertiary/aromatic N) is 3. The number of aliphatic carboxylic acids is 2. The SMILES string of the molecule is O=C(O)C(F)(F)F.O=C(O)C(F)(F)F.c1ccc(-c2ncc(CN3CCN(C4CCCCC4)CC3)[nH]2)cc1. The Morgan fingerprint density at radius 1 is 0.868 bits per heavy atom. The minimum absolute atomic E-state index is 0.859. The summed E-state index contributed by atoms with van der Waals surface area (Å²) < 4.78 is 63.5. The summed E-state index contributed by atoms with van der Waals surface area (Å²) in [5, 5.41) is 14.2. The van der Waals surface area contributed by atoms with Gasteiger partial charge in [0.1, 0.15) is 5.82 Å². The van der Waals surface area contributed by atoms with Crippen molar-refractivity contribution in [2.24, 2.45) is 0 Å². The van der Waals surface area contributed by atoms with E-state index in [1.807, 2.05) is 12.3 Å². The van der Waals surface area contributed by atoms with E-state index in [2.05, 4.69) is 44.0 Å². The number of halogens is 6. The summed E-state index contributed by atoms with van der Waals surface area (Å²) in [5.74, 6) is -4.54. The van der Waals surface area contributed by atoms with Crippen molar-refractivity contribution in [2.45, 2.75) is 57.0 Å². The number of H-pyrrole nitrogens is 1. The molecular formula is C24H30F6N4O4. The van der Waals surface area contributed by atoms with Crippen molar-refractivity contribution in [1.82, 2.24) is 19.8 Å². The predicted octanol–water partition coefficient (Wildman–Crippen LogP) is 4.79. The fourth-order valence-electron chi connectivity index (χ4n) is 4.16. The molecule has 3 N–H and O–H groups in total. The van der Waals surface area contributed by atoms with E-state index in [9.17, 15) is 26.3 Å². The van der Waals surface area contributed by atoms with Gasteiger partial charge in [0.15, 0.2) is 0 Å². The minimum Gasteiger partial charge on any atom is -0.475 e. The van der Waals surface area contributed by atoms with Crippen LogP contribution in [0.25, 0.3) is 11.4 Å². The van der Waals surface area contributed by atoms with Crippen LogP contribution in [0.15, 0.2) is 36.5 Å². The summed E-state index contributed by atoms with van der Waals surface area (Å²) in [7, 11) is 0. The lowest BCUT2D eigenvalue weighted by Gasteiger charge is -2.40. The number of carboxylic acid groups (broad SMARTS) is 2. The maximum Gasteiger partial charge on any atom is 0.490 e. The number of carbonyl (C=O) groups is 2. The molecule has 1 aliphatic heterocycles. The van der Waals surface area contributed by atoms with Crippen molar-refractivity contribution in [3.63, 3.8) is 0 Å². The molecule has 0 amide bonds. The number of nitrogens with one attached hydrogen (secondary N) is 1. The van der Waals surface area contributed by atoms with Crippen LogP contribution >= 0.6 is 0 Å². The van der Waals surface area contributed by atoms with Crippen LogP contribution in [0.5, 0.6) is 0 Å². The minimum atomic E-state index is -5.08. The van der Waals surface area contributed by atoms with Crippen LogP contribution in [0.3, 0.4) is 0 Å². The second kappa shape index (κ2) is 14.1. The highest BCUT2D eigenvalue weighted by Crippen LogP contribution is 2.24. The van der Waals surface area contributed by atoms with Crippen molar-refractivity contribution in [1.29, 1.82) is 0 Å². The van der Waals surface area contributed by atoms with Crippen LogP contribution < -0.4 is 0 Å². The summed E-state index contributed by atoms with van der Waals surface area (Å²) in [6.45, 7) is 5.79. The Morgan fingerprint density at radius 3 is 1.84 bits per heavy atom. The normalized spacial score (nSPS) is 17.5. The first-order valence-electron chi connectivity index (χ1n) is 11.9. The van der Waals surface area contributed by atoms with Crippen molar-refractivity contribution in [3.8, 4) is 11.4 Å². The number of aromatic amines is 1. The van der Waals surface area contributed by atoms with Crippen LogP contribution in [0.1, 0.15) is 37.8 Å². The Morgan fingerprint density at radius 2 is 1.37 bits per heavy atom. The largest absolute Gasteiger partial charge is 0.490 e. The average Bonchev–Trinajstić information content (AvgIpc) is 3.34. The molecule has 0 unspecified atom stereocenters. The molecule has 1 aromatic carbocycles. The Hall–Kier alpha value is -3.13. The Kier molecular flexibility index (Phi) is 11.6. The van der Waals surface area contributed by atoms with Crippen molar-refractivity contribution < 1.29 is 46.1 Å². The molecule has 38 heavy (non-hydrogen) atoms. The standard InChI is InChI=1S/C20H28N4.2C2HF3O2/c1-3-7-17(8-4-1)20-21-15-18(22-20)16-23-11-13-24(14-12-23)19-9-5-2-6-10-19;2*3-2(4,5)1(6)7/h1,3-4,7-8,15,19H,2,5-6,9-14,16H2,(H,21,22);2*(H,6,7). The molecule has 14 heteroatoms. The van der Waals surface area contributed by atoms with Crippen LogP contribution in [-0.2, 0) is 16.1 Å². The van der Waals surface area contributed by atoms with Gasteiger partial charge in [-0.3, -0.25) is 9.80 Å². The van der Waals surface area contributed by atoms with Gasteiger partial charge in [0.2, 0.25) is 0 Å². The van der Waals surface area contributed by atoms with Gasteiger partial charge in [-0.1, -0.05) is 49.6 Å². The zero-order valence-corrected chi connectivity index (χ0v) is 20.4. The molecule has 0 spiro atoms. The summed E-state index contributed by atoms with van der Waals surface area (Å²) in [5.41, 5.74) is 2.38. The van der Waals surface area contributed by atoms with Gasteiger partial charge < -0.3 is 15.2 Å². The molecule has 8 nitrogen and oxygen atoms in total. The van der Waals surface area contributed by atoms with Crippen LogP contribution in [-0.4, -0.2) is 86.5 Å². The Balaban J connectivity index is 0.000000301. The molecule has 1 saturated carbocycles. The van der Waals surface area contributed by atoms with E-state index in [1.54, 1.807) is 0 Å². The lowest BCUT2D eigenvalue weighted by atomic mass is 9.94. The maximum absolute atomic E-state index is 10.6. The highest BCUT2D eigenvalue weighted by Gasteiger charge is 2.38. The number of piperazine rings is 1. The molecule has 2 fully saturated rings. The third kappa shape index (κ3) is 10.7. The Bertz CT molecular complexity index is 975. The number of benzene rings is 1. The molecule has 1 aromatic heterocycles. The number of hydrogen-bond acceptors (Lipinski definition) is 5. The monoisotopic (exact) mass is 552 g/mol. The zero-order valence-electron chi connectivity index (χ0n) is 20.4. The molecule has 1 aliphatic carbocycles. The van der Waals surface area contributed by atoms with Gasteiger partial charge in [-0.15, -0.1) is 0 Å². The molecule has 0 radical (unpaired) electrons. The summed E-state index contributed by atoms with van der Waals surface area (Å²) in [6, 6.07) is 11.2. The molecule has 2 heterocycles. The van der Waals surface area contributed by atoms with Crippen LogP contribution in [0, 0.1) is 0 Å². The lowest BCUT2D eigenvalue weighted by Crippen LogP contribution is -2.50. The van der Waals surface area contributed by atoms with E-state index in [0.717, 1.165) is 24.0 Å². The first kappa shape index (κ1) is 31.1. The molecule has 212 valence electrons. The van der Waals surface area contributed by atoms with Gasteiger partial charge in [0.25, 0.3) is 0 Å². The lowest BCUT2D eigenvalue weighted by molar-refractivity contribution is -0.193. The molecule has 0 bridgehead atoms. The van der Waals surface area contributed by atoms with Gasteiger partial charge >= 0.3 is 24.3 Å². The predicted molar refractivity (Wildman–Crippen MR) is 125 cm³/mol. The molecule has 1 saturated heterocycles. The second-order valence-corrected chi connectivity index (χ2v) is 8.83. The first-order chi connectivity index (χ1) is 17.8. The number of alkyl halides is 6. The molecular weight excluding hydrogens is 522 g/mol. The van der Waals surface area contributed by atoms with Gasteiger partial charge in [-0.05, 0) is 12.8 Å². The second-order valence-electron chi connectivity index (χ2n) is 8.83. The van der Waals surface area contributed by atoms with Crippen molar-refractivity contribution in [3.05, 3.63) is 42.2 Å². The van der Waals surface area contributed by atoms with E-state index in [4.69, 9.17) is 19.8 Å². The highest BCUT2D eigenvalue weighted by atomic mass is 19.4. The molecule has 2 aliphatic rings. The molecule has 0 atom stereocenters. The number of carboxylic acids is 2. The fourth-order valence-corrected chi connectivity index (χ4v) is 4.16. The van der Waals surface area contributed by atoms with Gasteiger partial charge in [0.05, 0.1) is 0 Å². The van der Waals surface area contributed by atoms with Crippen molar-refractivity contribution in [2.75, 3.05) is 26.2 Å². The summed E-state index contributed by atoms with van der Waals surface area (Å²) >= 11 is 0. The smallest absolute Gasteiger partial charge is 0.475 e. The molecule has 2 aromatic rings. The van der Waals surface area contributed by atoms with E-state index >= 15 is 0 Å². The first-order valence-corrected chi connectivity index (χ1v) is 11.9. The topological polar surface area (TPSA) is 110 Å². The third-order valence-electron chi connectivity index (χ3n) is 6.05. The zero-order chi connectivity index (χ0) is 28.3. The number of rotatable bonds is 4. The van der Waals surface area contributed by atoms with Crippen molar-refractivity contribution >= 4 is 11.9 Å². The average molecular weight is 553 g/mol. The van der Waals surface area contributed by atoms with Crippen LogP contribution in [0.4, 0.5) is 26.3 Å². The Labute approximate surface area is 215 Å². The maximum atomic E-state index is 10.6. The summed E-state index contributed by atoms with van der Waals surface area (Å²) in [4.78, 5) is 31.1. The van der Waals surface area contributed by atoms with E-state index in [-0.39, 0.29) is 0 Å².